The van der Waals surface area contributed by atoms with Crippen molar-refractivity contribution >= 4 is 5.69 Å². The maximum atomic E-state index is 10.9. The Labute approximate surface area is 98.1 Å². The van der Waals surface area contributed by atoms with E-state index in [-0.39, 0.29) is 10.6 Å². The molecule has 0 amide bonds. The van der Waals surface area contributed by atoms with Crippen molar-refractivity contribution in [2.45, 2.75) is 20.4 Å². The van der Waals surface area contributed by atoms with E-state index in [9.17, 15) is 10.1 Å². The third kappa shape index (κ3) is 1.89. The minimum Gasteiger partial charge on any atom is -0.314 e. The molecule has 0 saturated heterocycles. The first kappa shape index (κ1) is 11.3. The predicted octanol–water partition coefficient (Wildman–Crippen LogP) is 2.18. The maximum absolute atomic E-state index is 10.9. The van der Waals surface area contributed by atoms with E-state index in [1.807, 2.05) is 17.6 Å². The second kappa shape index (κ2) is 4.32. The van der Waals surface area contributed by atoms with Crippen molar-refractivity contribution in [2.24, 2.45) is 0 Å². The van der Waals surface area contributed by atoms with Gasteiger partial charge in [-0.05, 0) is 13.8 Å². The van der Waals surface area contributed by atoms with Gasteiger partial charge in [-0.3, -0.25) is 10.1 Å². The van der Waals surface area contributed by atoms with Crippen molar-refractivity contribution in [2.75, 3.05) is 0 Å². The molecule has 0 aliphatic carbocycles. The molecule has 6 nitrogen and oxygen atoms in total. The lowest BCUT2D eigenvalue weighted by molar-refractivity contribution is -0.385. The number of rotatable bonds is 3. The lowest BCUT2D eigenvalue weighted by atomic mass is 10.1. The van der Waals surface area contributed by atoms with Crippen molar-refractivity contribution in [3.63, 3.8) is 0 Å². The molecule has 0 spiro atoms. The van der Waals surface area contributed by atoms with Crippen LogP contribution in [0.25, 0.3) is 11.4 Å². The highest BCUT2D eigenvalue weighted by Crippen LogP contribution is 2.28. The standard InChI is InChI=1S/C11H12N4O2/c1-3-14-7-12-13-11(14)9-5-4-6-10(8(9)2)15(16)17/h4-7H,3H2,1-2H3. The maximum Gasteiger partial charge on any atom is 0.273 e. The van der Waals surface area contributed by atoms with Gasteiger partial charge in [0.15, 0.2) is 5.82 Å². The molecular formula is C11H12N4O2. The van der Waals surface area contributed by atoms with E-state index < -0.39 is 0 Å². The molecule has 88 valence electrons. The van der Waals surface area contributed by atoms with Crippen molar-refractivity contribution in [1.29, 1.82) is 0 Å². The lowest BCUT2D eigenvalue weighted by Crippen LogP contribution is -1.99. The molecule has 0 unspecified atom stereocenters. The summed E-state index contributed by atoms with van der Waals surface area (Å²) in [7, 11) is 0. The van der Waals surface area contributed by atoms with Crippen molar-refractivity contribution in [1.82, 2.24) is 14.8 Å². The Morgan fingerprint density at radius 1 is 1.47 bits per heavy atom. The van der Waals surface area contributed by atoms with Gasteiger partial charge in [-0.1, -0.05) is 12.1 Å². The third-order valence-corrected chi connectivity index (χ3v) is 2.70. The Morgan fingerprint density at radius 3 is 2.88 bits per heavy atom. The van der Waals surface area contributed by atoms with E-state index in [1.54, 1.807) is 19.3 Å². The molecule has 0 N–H and O–H groups in total. The molecule has 0 saturated carbocycles. The fraction of sp³-hybridized carbons (Fsp3) is 0.273. The van der Waals surface area contributed by atoms with Gasteiger partial charge in [-0.2, -0.15) is 0 Å². The minimum atomic E-state index is -0.383. The molecule has 1 aromatic carbocycles. The SMILES string of the molecule is CCn1cnnc1-c1cccc([N+](=O)[O-])c1C. The average molecular weight is 232 g/mol. The largest absolute Gasteiger partial charge is 0.314 e. The summed E-state index contributed by atoms with van der Waals surface area (Å²) in [5.41, 5.74) is 1.46. The number of aromatic nitrogens is 3. The first-order valence-corrected chi connectivity index (χ1v) is 5.27. The lowest BCUT2D eigenvalue weighted by Gasteiger charge is -2.06. The molecule has 0 aliphatic heterocycles. The number of aryl methyl sites for hydroxylation is 1. The molecule has 0 aliphatic rings. The number of benzene rings is 1. The van der Waals surface area contributed by atoms with Crippen LogP contribution in [-0.4, -0.2) is 19.7 Å². The summed E-state index contributed by atoms with van der Waals surface area (Å²) in [6, 6.07) is 4.97. The summed E-state index contributed by atoms with van der Waals surface area (Å²) < 4.78 is 1.85. The zero-order chi connectivity index (χ0) is 12.4. The molecule has 0 radical (unpaired) electrons. The normalized spacial score (nSPS) is 10.5. The van der Waals surface area contributed by atoms with Gasteiger partial charge < -0.3 is 4.57 Å². The summed E-state index contributed by atoms with van der Waals surface area (Å²) in [4.78, 5) is 10.5. The summed E-state index contributed by atoms with van der Waals surface area (Å²) in [6.07, 6.45) is 1.62. The Bertz CT molecular complexity index is 562. The zero-order valence-corrected chi connectivity index (χ0v) is 9.62. The van der Waals surface area contributed by atoms with Crippen LogP contribution in [0.2, 0.25) is 0 Å². The Morgan fingerprint density at radius 2 is 2.24 bits per heavy atom. The first-order chi connectivity index (χ1) is 8.15. The average Bonchev–Trinajstić information content (AvgIpc) is 2.76. The smallest absolute Gasteiger partial charge is 0.273 e. The van der Waals surface area contributed by atoms with E-state index >= 15 is 0 Å². The van der Waals surface area contributed by atoms with Gasteiger partial charge in [-0.25, -0.2) is 0 Å². The van der Waals surface area contributed by atoms with Crippen LogP contribution in [-0.2, 0) is 6.54 Å². The Kier molecular flexibility index (Phi) is 2.86. The highest BCUT2D eigenvalue weighted by atomic mass is 16.6. The van der Waals surface area contributed by atoms with Gasteiger partial charge in [0.1, 0.15) is 6.33 Å². The number of hydrogen-bond acceptors (Lipinski definition) is 4. The molecule has 1 aromatic heterocycles. The highest BCUT2D eigenvalue weighted by Gasteiger charge is 2.17. The third-order valence-electron chi connectivity index (χ3n) is 2.70. The van der Waals surface area contributed by atoms with Crippen LogP contribution in [0.3, 0.4) is 0 Å². The topological polar surface area (TPSA) is 73.8 Å². The number of nitrogens with zero attached hydrogens (tertiary/aromatic N) is 4. The molecule has 17 heavy (non-hydrogen) atoms. The van der Waals surface area contributed by atoms with Crippen molar-refractivity contribution in [3.05, 3.63) is 40.2 Å². The predicted molar refractivity (Wildman–Crippen MR) is 62.5 cm³/mol. The first-order valence-electron chi connectivity index (χ1n) is 5.27. The van der Waals surface area contributed by atoms with E-state index in [2.05, 4.69) is 10.2 Å². The number of nitro groups is 1. The zero-order valence-electron chi connectivity index (χ0n) is 9.62. The van der Waals surface area contributed by atoms with Gasteiger partial charge in [0.2, 0.25) is 0 Å². The molecule has 6 heteroatoms. The molecule has 2 rings (SSSR count). The summed E-state index contributed by atoms with van der Waals surface area (Å²) in [6.45, 7) is 4.42. The fourth-order valence-electron chi connectivity index (χ4n) is 1.76. The van der Waals surface area contributed by atoms with Gasteiger partial charge in [0, 0.05) is 23.7 Å². The molecule has 2 aromatic rings. The van der Waals surface area contributed by atoms with Gasteiger partial charge >= 0.3 is 0 Å². The van der Waals surface area contributed by atoms with Crippen LogP contribution in [0.5, 0.6) is 0 Å². The summed E-state index contributed by atoms with van der Waals surface area (Å²) in [5, 5.41) is 18.7. The molecule has 1 heterocycles. The van der Waals surface area contributed by atoms with Crippen LogP contribution in [0.15, 0.2) is 24.5 Å². The monoisotopic (exact) mass is 232 g/mol. The summed E-state index contributed by atoms with van der Waals surface area (Å²) in [5.74, 6) is 0.661. The van der Waals surface area contributed by atoms with Crippen LogP contribution in [0.4, 0.5) is 5.69 Å². The van der Waals surface area contributed by atoms with Crippen LogP contribution >= 0.6 is 0 Å². The number of hydrogen-bond donors (Lipinski definition) is 0. The highest BCUT2D eigenvalue weighted by molar-refractivity contribution is 5.65. The van der Waals surface area contributed by atoms with E-state index in [4.69, 9.17) is 0 Å². The van der Waals surface area contributed by atoms with Crippen LogP contribution < -0.4 is 0 Å². The van der Waals surface area contributed by atoms with E-state index in [0.29, 0.717) is 11.4 Å². The van der Waals surface area contributed by atoms with E-state index in [1.165, 1.54) is 6.07 Å². The van der Waals surface area contributed by atoms with Crippen LogP contribution in [0.1, 0.15) is 12.5 Å². The van der Waals surface area contributed by atoms with E-state index in [0.717, 1.165) is 12.1 Å². The molecule has 0 bridgehead atoms. The Hall–Kier alpha value is -2.24. The molecule has 0 atom stereocenters. The summed E-state index contributed by atoms with van der Waals surface area (Å²) >= 11 is 0. The quantitative estimate of drug-likeness (QED) is 0.600. The van der Waals surface area contributed by atoms with Crippen LogP contribution in [0, 0.1) is 17.0 Å². The van der Waals surface area contributed by atoms with Gasteiger partial charge in [0.05, 0.1) is 4.92 Å². The van der Waals surface area contributed by atoms with Gasteiger partial charge in [0.25, 0.3) is 5.69 Å². The number of nitro benzene ring substituents is 1. The Balaban J connectivity index is 2.60. The minimum absolute atomic E-state index is 0.105. The van der Waals surface area contributed by atoms with Gasteiger partial charge in [-0.15, -0.1) is 10.2 Å². The molecule has 0 fully saturated rings. The molecular weight excluding hydrogens is 220 g/mol. The second-order valence-electron chi connectivity index (χ2n) is 3.65. The van der Waals surface area contributed by atoms with Crippen molar-refractivity contribution < 1.29 is 4.92 Å². The van der Waals surface area contributed by atoms with Crippen molar-refractivity contribution in [3.8, 4) is 11.4 Å². The second-order valence-corrected chi connectivity index (χ2v) is 3.65. The fourth-order valence-corrected chi connectivity index (χ4v) is 1.76.